The first kappa shape index (κ1) is 16.7. The van der Waals surface area contributed by atoms with E-state index in [1.807, 2.05) is 54.6 Å². The van der Waals surface area contributed by atoms with Crippen molar-refractivity contribution in [2.24, 2.45) is 0 Å². The van der Waals surface area contributed by atoms with Crippen molar-refractivity contribution in [2.45, 2.75) is 0 Å². The number of furan rings is 1. The highest BCUT2D eigenvalue weighted by Gasteiger charge is 2.21. The molecule has 7 aromatic carbocycles. The lowest BCUT2D eigenvalue weighted by Gasteiger charge is -2.09. The summed E-state index contributed by atoms with van der Waals surface area (Å²) < 4.78 is 100. The van der Waals surface area contributed by atoms with Crippen LogP contribution in [-0.4, -0.2) is 9.13 Å². The maximum absolute atomic E-state index is 9.61. The highest BCUT2D eigenvalue weighted by Crippen LogP contribution is 2.43. The number of rotatable bonds is 3. The summed E-state index contributed by atoms with van der Waals surface area (Å²) in [6.45, 7) is 0. The fourth-order valence-electron chi connectivity index (χ4n) is 6.74. The molecule has 0 aliphatic rings. The van der Waals surface area contributed by atoms with Gasteiger partial charge in [0.1, 0.15) is 11.2 Å². The zero-order valence-electron chi connectivity index (χ0n) is 33.5. The number of hydrogen-bond acceptors (Lipinski definition) is 1. The Morgan fingerprint density at radius 1 is 0.444 bits per heavy atom. The van der Waals surface area contributed by atoms with Crippen molar-refractivity contribution >= 4 is 65.6 Å². The molecule has 0 spiro atoms. The summed E-state index contributed by atoms with van der Waals surface area (Å²) in [6, 6.07) is 26.1. The lowest BCUT2D eigenvalue weighted by atomic mass is 9.99. The largest absolute Gasteiger partial charge is 0.456 e. The fourth-order valence-corrected chi connectivity index (χ4v) is 6.74. The Labute approximate surface area is 272 Å². The predicted molar refractivity (Wildman–Crippen MR) is 188 cm³/mol. The van der Waals surface area contributed by atoms with Crippen molar-refractivity contribution in [1.82, 2.24) is 9.13 Å². The van der Waals surface area contributed by atoms with Crippen LogP contribution in [0.3, 0.4) is 0 Å². The van der Waals surface area contributed by atoms with Crippen molar-refractivity contribution in [1.29, 1.82) is 0 Å². The van der Waals surface area contributed by atoms with Crippen LogP contribution in [0.25, 0.3) is 88.1 Å². The maximum Gasteiger partial charge on any atom is 0.137 e. The van der Waals surface area contributed by atoms with E-state index in [0.29, 0.717) is 22.5 Å². The van der Waals surface area contributed by atoms with Gasteiger partial charge in [0.2, 0.25) is 0 Å². The minimum absolute atomic E-state index is 0.0586. The maximum atomic E-state index is 9.61. The van der Waals surface area contributed by atoms with Gasteiger partial charge < -0.3 is 13.6 Å². The van der Waals surface area contributed by atoms with Crippen LogP contribution in [0.15, 0.2) is 162 Å². The third-order valence-electron chi connectivity index (χ3n) is 8.59. The van der Waals surface area contributed by atoms with Crippen LogP contribution < -0.4 is 0 Å². The first-order valence-electron chi connectivity index (χ1n) is 19.6. The Bertz CT molecular complexity index is 3310. The molecule has 0 aliphatic heterocycles. The fraction of sp³-hybridized carbons (Fsp3) is 0. The van der Waals surface area contributed by atoms with E-state index in [1.165, 1.54) is 0 Å². The zero-order valence-corrected chi connectivity index (χ0v) is 23.5. The molecule has 3 aromatic heterocycles. The molecule has 0 unspecified atom stereocenters. The number of para-hydroxylation sites is 3. The number of hydrogen-bond donors (Lipinski definition) is 0. The van der Waals surface area contributed by atoms with Crippen LogP contribution in [0.5, 0.6) is 0 Å². The summed E-state index contributed by atoms with van der Waals surface area (Å²) in [5, 5.41) is 2.23. The number of aromatic nitrogens is 2. The summed E-state index contributed by atoms with van der Waals surface area (Å²) in [7, 11) is 0. The highest BCUT2D eigenvalue weighted by atomic mass is 16.3. The topological polar surface area (TPSA) is 23.0 Å². The second kappa shape index (κ2) is 9.22. The average Bonchev–Trinajstić information content (AvgIpc) is 3.88. The van der Waals surface area contributed by atoms with Crippen molar-refractivity contribution in [3.05, 3.63) is 157 Å². The Hall–Kier alpha value is -6.06. The zero-order chi connectivity index (χ0) is 38.2. The second-order valence-electron chi connectivity index (χ2n) is 11.0. The number of fused-ring (bicyclic) bond motifs is 10. The first-order chi connectivity index (χ1) is 26.5. The minimum atomic E-state index is -0.499. The first-order valence-corrected chi connectivity index (χ1v) is 14.6. The van der Waals surface area contributed by atoms with Crippen LogP contribution in [-0.2, 0) is 0 Å². The van der Waals surface area contributed by atoms with Gasteiger partial charge in [0, 0.05) is 49.8 Å². The van der Waals surface area contributed by atoms with Crippen LogP contribution in [0, 0.1) is 0 Å². The summed E-state index contributed by atoms with van der Waals surface area (Å²) in [4.78, 5) is 0. The van der Waals surface area contributed by atoms with Gasteiger partial charge in [-0.2, -0.15) is 0 Å². The van der Waals surface area contributed by atoms with E-state index < -0.39 is 24.2 Å². The molecule has 0 fully saturated rings. The van der Waals surface area contributed by atoms with E-state index in [2.05, 4.69) is 0 Å². The highest BCUT2D eigenvalue weighted by molar-refractivity contribution is 6.29. The van der Waals surface area contributed by atoms with Crippen LogP contribution in [0.1, 0.15) is 13.7 Å². The molecular formula is C42H26N2O. The van der Waals surface area contributed by atoms with E-state index in [1.54, 1.807) is 51.6 Å². The summed E-state index contributed by atoms with van der Waals surface area (Å²) in [5.41, 5.74) is 4.42. The molecule has 0 bridgehead atoms. The molecule has 210 valence electrons. The Kier molecular flexibility index (Phi) is 3.42. The van der Waals surface area contributed by atoms with Crippen LogP contribution in [0.4, 0.5) is 0 Å². The van der Waals surface area contributed by atoms with Gasteiger partial charge in [-0.05, 0) is 65.6 Å². The van der Waals surface area contributed by atoms with Crippen LogP contribution in [0.2, 0.25) is 0 Å². The molecule has 3 heteroatoms. The number of nitrogens with zero attached hydrogens (tertiary/aromatic N) is 2. The van der Waals surface area contributed by atoms with E-state index in [4.69, 9.17) is 11.3 Å². The standard InChI is InChI=1S/C42H26N2O/c1-3-12-27(13-4-1)30-18-11-21-38-40(30)33-23-22-29(26-39(33)45-38)44-35-20-10-8-17-32(35)42-37(44)25-24-36-41(42)31-16-7-9-19-34(31)43(36)28-14-5-2-6-15-28/h1-26H/i7D,8D,9D,10D,16D,17D,19D,20D,24D,25D. The van der Waals surface area contributed by atoms with E-state index in [-0.39, 0.29) is 79.9 Å². The van der Waals surface area contributed by atoms with Gasteiger partial charge >= 0.3 is 0 Å². The predicted octanol–water partition coefficient (Wildman–Crippen LogP) is 11.4. The van der Waals surface area contributed by atoms with E-state index >= 15 is 0 Å². The lowest BCUT2D eigenvalue weighted by molar-refractivity contribution is 0.668. The van der Waals surface area contributed by atoms with Gasteiger partial charge in [0.25, 0.3) is 0 Å². The molecule has 10 aromatic rings. The van der Waals surface area contributed by atoms with Gasteiger partial charge in [0.15, 0.2) is 0 Å². The monoisotopic (exact) mass is 584 g/mol. The Morgan fingerprint density at radius 3 is 1.76 bits per heavy atom. The van der Waals surface area contributed by atoms with Crippen molar-refractivity contribution in [2.75, 3.05) is 0 Å². The SMILES string of the molecule is [2H]c1c([2H])c([2H])c2c(c1[2H])c1c3c4c([2H])c([2H])c([2H])c([2H])c4n(-c4ccc5c(c4)oc4cccc(-c6ccccc6)c45)c3c([2H])c([2H])c1n2-c1ccccc1. The summed E-state index contributed by atoms with van der Waals surface area (Å²) in [5.74, 6) is 0. The van der Waals surface area contributed by atoms with Gasteiger partial charge in [-0.15, -0.1) is 0 Å². The van der Waals surface area contributed by atoms with Gasteiger partial charge in [-0.25, -0.2) is 0 Å². The van der Waals surface area contributed by atoms with Crippen LogP contribution >= 0.6 is 0 Å². The third-order valence-corrected chi connectivity index (χ3v) is 8.59. The lowest BCUT2D eigenvalue weighted by Crippen LogP contribution is -1.94. The molecule has 10 rings (SSSR count). The molecule has 3 heterocycles. The van der Waals surface area contributed by atoms with Gasteiger partial charge in [-0.3, -0.25) is 0 Å². The van der Waals surface area contributed by atoms with Gasteiger partial charge in [0.05, 0.1) is 35.8 Å². The van der Waals surface area contributed by atoms with Gasteiger partial charge in [-0.1, -0.05) is 96.9 Å². The quantitative estimate of drug-likeness (QED) is 0.203. The second-order valence-corrected chi connectivity index (χ2v) is 11.0. The molecule has 0 saturated carbocycles. The van der Waals surface area contributed by atoms with Crippen molar-refractivity contribution in [3.8, 4) is 22.5 Å². The molecule has 0 amide bonds. The summed E-state index contributed by atoms with van der Waals surface area (Å²) >= 11 is 0. The molecule has 0 saturated heterocycles. The molecule has 3 nitrogen and oxygen atoms in total. The minimum Gasteiger partial charge on any atom is -0.456 e. The Balaban J connectivity index is 1.43. The summed E-state index contributed by atoms with van der Waals surface area (Å²) in [6.07, 6.45) is 0. The molecule has 45 heavy (non-hydrogen) atoms. The average molecular weight is 585 g/mol. The van der Waals surface area contributed by atoms with Crippen molar-refractivity contribution < 1.29 is 18.1 Å². The normalized spacial score (nSPS) is 15.1. The molecular weight excluding hydrogens is 548 g/mol. The third kappa shape index (κ3) is 3.41. The smallest absolute Gasteiger partial charge is 0.137 e. The van der Waals surface area contributed by atoms with Crippen molar-refractivity contribution in [3.63, 3.8) is 0 Å². The molecule has 0 atom stereocenters. The Morgan fingerprint density at radius 2 is 1.07 bits per heavy atom. The molecule has 0 N–H and O–H groups in total. The molecule has 0 aliphatic carbocycles. The van der Waals surface area contributed by atoms with E-state index in [9.17, 15) is 6.85 Å². The molecule has 0 radical (unpaired) electrons. The number of benzene rings is 7. The van der Waals surface area contributed by atoms with E-state index in [0.717, 1.165) is 21.9 Å².